The zero-order chi connectivity index (χ0) is 21.0. The fourth-order valence-corrected chi connectivity index (χ4v) is 2.89. The van der Waals surface area contributed by atoms with Crippen LogP contribution < -0.4 is 14.8 Å². The van der Waals surface area contributed by atoms with E-state index in [1.807, 2.05) is 0 Å². The van der Waals surface area contributed by atoms with Gasteiger partial charge < -0.3 is 14.8 Å². The highest BCUT2D eigenvalue weighted by atomic mass is 35.5. The summed E-state index contributed by atoms with van der Waals surface area (Å²) in [6.07, 6.45) is 1.54. The van der Waals surface area contributed by atoms with Gasteiger partial charge in [-0.05, 0) is 18.2 Å². The summed E-state index contributed by atoms with van der Waals surface area (Å²) in [5, 5.41) is 18.4. The van der Waals surface area contributed by atoms with Crippen molar-refractivity contribution in [1.29, 1.82) is 0 Å². The smallest absolute Gasteiger partial charge is 0.276 e. The van der Waals surface area contributed by atoms with E-state index >= 15 is 0 Å². The molecule has 3 rings (SSSR count). The number of halogens is 2. The molecule has 0 saturated heterocycles. The number of non-ortho nitro benzene ring substituents is 1. The van der Waals surface area contributed by atoms with Crippen molar-refractivity contribution >= 4 is 40.5 Å². The Kier molecular flexibility index (Phi) is 6.20. The van der Waals surface area contributed by atoms with E-state index in [-0.39, 0.29) is 29.5 Å². The Balaban J connectivity index is 1.70. The van der Waals surface area contributed by atoms with Gasteiger partial charge >= 0.3 is 0 Å². The number of nitrogens with zero attached hydrogens (tertiary/aromatic N) is 3. The van der Waals surface area contributed by atoms with Gasteiger partial charge in [-0.2, -0.15) is 5.10 Å². The van der Waals surface area contributed by atoms with Crippen molar-refractivity contribution < 1.29 is 19.2 Å². The van der Waals surface area contributed by atoms with Crippen molar-refractivity contribution in [1.82, 2.24) is 9.78 Å². The van der Waals surface area contributed by atoms with Crippen molar-refractivity contribution in [3.05, 3.63) is 74.5 Å². The molecule has 0 unspecified atom stereocenters. The molecule has 0 aliphatic rings. The second-order valence-corrected chi connectivity index (χ2v) is 6.51. The average molecular weight is 437 g/mol. The van der Waals surface area contributed by atoms with E-state index in [9.17, 15) is 14.9 Å². The number of rotatable bonds is 7. The number of hydrogen-bond donors (Lipinski definition) is 1. The van der Waals surface area contributed by atoms with E-state index in [1.165, 1.54) is 42.3 Å². The molecule has 0 atom stereocenters. The summed E-state index contributed by atoms with van der Waals surface area (Å²) in [7, 11) is 1.37. The molecule has 3 aromatic rings. The molecule has 29 heavy (non-hydrogen) atoms. The van der Waals surface area contributed by atoms with Crippen molar-refractivity contribution in [3.63, 3.8) is 0 Å². The normalized spacial score (nSPS) is 10.4. The quantitative estimate of drug-likeness (QED) is 0.434. The first-order valence-electron chi connectivity index (χ1n) is 8.12. The lowest BCUT2D eigenvalue weighted by Crippen LogP contribution is -2.14. The second kappa shape index (κ2) is 8.80. The highest BCUT2D eigenvalue weighted by molar-refractivity contribution is 6.37. The number of nitro groups is 1. The molecule has 1 heterocycles. The Morgan fingerprint density at radius 1 is 1.24 bits per heavy atom. The predicted molar refractivity (Wildman–Crippen MR) is 107 cm³/mol. The zero-order valence-corrected chi connectivity index (χ0v) is 16.5. The summed E-state index contributed by atoms with van der Waals surface area (Å²) in [5.74, 6) is -0.00634. The fraction of sp³-hybridized carbons (Fsp3) is 0.111. The number of amides is 1. The number of methoxy groups -OCH3 is 1. The number of nitrogens with one attached hydrogen (secondary N) is 1. The van der Waals surface area contributed by atoms with E-state index in [1.54, 1.807) is 18.2 Å². The summed E-state index contributed by atoms with van der Waals surface area (Å²) < 4.78 is 11.9. The van der Waals surface area contributed by atoms with E-state index in [0.717, 1.165) is 0 Å². The molecule has 2 aromatic carbocycles. The highest BCUT2D eigenvalue weighted by Gasteiger charge is 2.15. The van der Waals surface area contributed by atoms with E-state index < -0.39 is 10.8 Å². The van der Waals surface area contributed by atoms with Crippen LogP contribution in [0.5, 0.6) is 11.5 Å². The molecule has 1 N–H and O–H groups in total. The topological polar surface area (TPSA) is 109 Å². The van der Waals surface area contributed by atoms with Crippen LogP contribution in [0, 0.1) is 10.1 Å². The van der Waals surface area contributed by atoms with Crippen molar-refractivity contribution in [2.45, 2.75) is 6.73 Å². The van der Waals surface area contributed by atoms with Gasteiger partial charge in [-0.25, -0.2) is 4.68 Å². The van der Waals surface area contributed by atoms with Crippen LogP contribution in [0.4, 0.5) is 11.4 Å². The molecule has 150 valence electrons. The maximum absolute atomic E-state index is 12.4. The summed E-state index contributed by atoms with van der Waals surface area (Å²) in [4.78, 5) is 22.8. The Morgan fingerprint density at radius 2 is 1.97 bits per heavy atom. The SMILES string of the molecule is COc1cc(NC(=O)c2ccn(COc3c(Cl)cccc3Cl)n2)cc([N+](=O)[O-])c1. The lowest BCUT2D eigenvalue weighted by molar-refractivity contribution is -0.384. The van der Waals surface area contributed by atoms with Crippen LogP contribution in [0.15, 0.2) is 48.7 Å². The molecule has 0 aliphatic carbocycles. The molecule has 0 radical (unpaired) electrons. The van der Waals surface area contributed by atoms with Crippen LogP contribution in [0.2, 0.25) is 10.0 Å². The minimum atomic E-state index is -0.579. The molecule has 11 heteroatoms. The summed E-state index contributed by atoms with van der Waals surface area (Å²) in [6.45, 7) is -0.0264. The minimum absolute atomic E-state index is 0.0264. The molecular weight excluding hydrogens is 423 g/mol. The third kappa shape index (κ3) is 4.95. The van der Waals surface area contributed by atoms with Gasteiger partial charge in [0.2, 0.25) is 0 Å². The van der Waals surface area contributed by atoms with E-state index in [0.29, 0.717) is 15.8 Å². The third-order valence-electron chi connectivity index (χ3n) is 3.73. The lowest BCUT2D eigenvalue weighted by Gasteiger charge is -2.09. The molecule has 0 spiro atoms. The summed E-state index contributed by atoms with van der Waals surface area (Å²) in [6, 6.07) is 10.4. The van der Waals surface area contributed by atoms with Gasteiger partial charge in [0.05, 0.1) is 33.8 Å². The molecule has 0 bridgehead atoms. The Hall–Kier alpha value is -3.30. The fourth-order valence-electron chi connectivity index (χ4n) is 2.38. The number of hydrogen-bond acceptors (Lipinski definition) is 6. The summed E-state index contributed by atoms with van der Waals surface area (Å²) in [5.41, 5.74) is 0.0780. The molecular formula is C18H14Cl2N4O5. The number of aromatic nitrogens is 2. The third-order valence-corrected chi connectivity index (χ3v) is 4.32. The number of carbonyl (C=O) groups is 1. The number of benzene rings is 2. The van der Waals surface area contributed by atoms with E-state index in [4.69, 9.17) is 32.7 Å². The van der Waals surface area contributed by atoms with Crippen molar-refractivity contribution in [2.24, 2.45) is 0 Å². The monoisotopic (exact) mass is 436 g/mol. The first kappa shape index (κ1) is 20.4. The molecule has 0 fully saturated rings. The largest absolute Gasteiger partial charge is 0.496 e. The lowest BCUT2D eigenvalue weighted by atomic mass is 10.2. The minimum Gasteiger partial charge on any atom is -0.496 e. The average Bonchev–Trinajstić information content (AvgIpc) is 3.16. The van der Waals surface area contributed by atoms with Crippen LogP contribution in [0.3, 0.4) is 0 Å². The molecule has 9 nitrogen and oxygen atoms in total. The van der Waals surface area contributed by atoms with Crippen molar-refractivity contribution in [3.8, 4) is 11.5 Å². The first-order valence-corrected chi connectivity index (χ1v) is 8.88. The van der Waals surface area contributed by atoms with Crippen LogP contribution in [0.1, 0.15) is 10.5 Å². The number of anilines is 1. The van der Waals surface area contributed by atoms with Gasteiger partial charge in [0.15, 0.2) is 18.2 Å². The Morgan fingerprint density at radius 3 is 2.62 bits per heavy atom. The van der Waals surface area contributed by atoms with Gasteiger partial charge in [0, 0.05) is 18.3 Å². The highest BCUT2D eigenvalue weighted by Crippen LogP contribution is 2.32. The Bertz CT molecular complexity index is 1050. The second-order valence-electron chi connectivity index (χ2n) is 5.70. The van der Waals surface area contributed by atoms with Crippen LogP contribution in [0.25, 0.3) is 0 Å². The summed E-state index contributed by atoms with van der Waals surface area (Å²) >= 11 is 12.1. The zero-order valence-electron chi connectivity index (χ0n) is 15.0. The van der Waals surface area contributed by atoms with E-state index in [2.05, 4.69) is 10.4 Å². The Labute approximate surface area is 174 Å². The first-order chi connectivity index (χ1) is 13.9. The number of ether oxygens (including phenoxy) is 2. The van der Waals surface area contributed by atoms with Gasteiger partial charge in [-0.1, -0.05) is 29.3 Å². The van der Waals surface area contributed by atoms with Crippen LogP contribution in [-0.2, 0) is 6.73 Å². The molecule has 0 saturated carbocycles. The molecule has 0 aliphatic heterocycles. The number of para-hydroxylation sites is 1. The van der Waals surface area contributed by atoms with Gasteiger partial charge in [0.1, 0.15) is 5.75 Å². The van der Waals surface area contributed by atoms with Gasteiger partial charge in [0.25, 0.3) is 11.6 Å². The van der Waals surface area contributed by atoms with Gasteiger partial charge in [-0.15, -0.1) is 0 Å². The number of carbonyl (C=O) groups excluding carboxylic acids is 1. The molecule has 1 amide bonds. The maximum atomic E-state index is 12.4. The predicted octanol–water partition coefficient (Wildman–Crippen LogP) is 4.40. The number of nitro benzene ring substituents is 1. The molecule has 1 aromatic heterocycles. The van der Waals surface area contributed by atoms with Crippen LogP contribution in [-0.4, -0.2) is 27.7 Å². The van der Waals surface area contributed by atoms with Crippen LogP contribution >= 0.6 is 23.2 Å². The van der Waals surface area contributed by atoms with Gasteiger partial charge in [-0.3, -0.25) is 14.9 Å². The maximum Gasteiger partial charge on any atom is 0.276 e. The van der Waals surface area contributed by atoms with Crippen molar-refractivity contribution in [2.75, 3.05) is 12.4 Å². The standard InChI is InChI=1S/C18H14Cl2N4O5/c1-28-13-8-11(7-12(9-13)24(26)27)21-18(25)16-5-6-23(22-16)10-29-17-14(19)3-2-4-15(17)20/h2-9H,10H2,1H3,(H,21,25).